The van der Waals surface area contributed by atoms with Gasteiger partial charge in [-0.25, -0.2) is 0 Å². The maximum atomic E-state index is 11.8. The summed E-state index contributed by atoms with van der Waals surface area (Å²) in [6.07, 6.45) is 2.17. The third kappa shape index (κ3) is 3.22. The van der Waals surface area contributed by atoms with Gasteiger partial charge >= 0.3 is 6.01 Å². The maximum Gasteiger partial charge on any atom is 0.321 e. The minimum Gasteiger partial charge on any atom is -0.467 e. The number of ether oxygens (including phenoxy) is 1. The van der Waals surface area contributed by atoms with Crippen molar-refractivity contribution < 1.29 is 9.53 Å². The second kappa shape index (κ2) is 5.85. The molecule has 0 bridgehead atoms. The lowest BCUT2D eigenvalue weighted by Gasteiger charge is -2.14. The summed E-state index contributed by atoms with van der Waals surface area (Å²) in [4.78, 5) is 25.4. The van der Waals surface area contributed by atoms with Gasteiger partial charge in [0.2, 0.25) is 11.9 Å². The Balaban J connectivity index is 1.92. The molecular formula is C10H15N5O2S. The van der Waals surface area contributed by atoms with Crippen LogP contribution in [0.1, 0.15) is 12.8 Å². The van der Waals surface area contributed by atoms with E-state index >= 15 is 0 Å². The fourth-order valence-electron chi connectivity index (χ4n) is 1.69. The van der Waals surface area contributed by atoms with Crippen molar-refractivity contribution in [3.05, 3.63) is 0 Å². The number of hydrogen-bond acceptors (Lipinski definition) is 7. The average Bonchev–Trinajstić information content (AvgIpc) is 2.89. The minimum absolute atomic E-state index is 0.0953. The summed E-state index contributed by atoms with van der Waals surface area (Å²) < 4.78 is 4.89. The van der Waals surface area contributed by atoms with Crippen LogP contribution in [0.25, 0.3) is 0 Å². The van der Waals surface area contributed by atoms with Gasteiger partial charge in [0.05, 0.1) is 12.9 Å². The number of carbonyl (C=O) groups excluding carboxylic acids is 1. The summed E-state index contributed by atoms with van der Waals surface area (Å²) in [6, 6.07) is 0.165. The SMILES string of the molecule is COc1nc(N)nc(SCC(=O)N2CCCC2)n1. The second-order valence-electron chi connectivity index (χ2n) is 3.84. The molecular weight excluding hydrogens is 254 g/mol. The molecule has 0 aliphatic carbocycles. The number of hydrogen-bond donors (Lipinski definition) is 1. The number of carbonyl (C=O) groups is 1. The van der Waals surface area contributed by atoms with Crippen LogP contribution in [-0.2, 0) is 4.79 Å². The van der Waals surface area contributed by atoms with Crippen LogP contribution < -0.4 is 10.5 Å². The molecule has 1 saturated heterocycles. The molecule has 1 aromatic heterocycles. The van der Waals surface area contributed by atoms with Gasteiger partial charge in [0.25, 0.3) is 0 Å². The largest absolute Gasteiger partial charge is 0.467 e. The van der Waals surface area contributed by atoms with E-state index in [0.717, 1.165) is 25.9 Å². The molecule has 2 N–H and O–H groups in total. The van der Waals surface area contributed by atoms with Gasteiger partial charge in [0.1, 0.15) is 0 Å². The molecule has 1 aromatic rings. The van der Waals surface area contributed by atoms with E-state index in [0.29, 0.717) is 10.9 Å². The highest BCUT2D eigenvalue weighted by atomic mass is 32.2. The quantitative estimate of drug-likeness (QED) is 0.779. The first-order chi connectivity index (χ1) is 8.69. The van der Waals surface area contributed by atoms with Gasteiger partial charge in [-0.2, -0.15) is 15.0 Å². The highest BCUT2D eigenvalue weighted by molar-refractivity contribution is 7.99. The van der Waals surface area contributed by atoms with Crippen LogP contribution in [0.5, 0.6) is 6.01 Å². The lowest BCUT2D eigenvalue weighted by molar-refractivity contribution is -0.127. The molecule has 0 atom stereocenters. The maximum absolute atomic E-state index is 11.8. The summed E-state index contributed by atoms with van der Waals surface area (Å²) in [5.74, 6) is 0.514. The number of amides is 1. The Labute approximate surface area is 109 Å². The van der Waals surface area contributed by atoms with Crippen molar-refractivity contribution in [1.82, 2.24) is 19.9 Å². The number of nitrogen functional groups attached to an aromatic ring is 1. The molecule has 18 heavy (non-hydrogen) atoms. The number of nitrogens with two attached hydrogens (primary N) is 1. The molecule has 0 saturated carbocycles. The number of thioether (sulfide) groups is 1. The zero-order chi connectivity index (χ0) is 13.0. The second-order valence-corrected chi connectivity index (χ2v) is 4.78. The van der Waals surface area contributed by atoms with E-state index in [4.69, 9.17) is 10.5 Å². The summed E-state index contributed by atoms with van der Waals surface area (Å²) in [7, 11) is 1.46. The van der Waals surface area contributed by atoms with Crippen molar-refractivity contribution in [3.63, 3.8) is 0 Å². The summed E-state index contributed by atoms with van der Waals surface area (Å²) >= 11 is 1.25. The first kappa shape index (κ1) is 12.9. The van der Waals surface area contributed by atoms with E-state index in [2.05, 4.69) is 15.0 Å². The summed E-state index contributed by atoms with van der Waals surface area (Å²) in [5.41, 5.74) is 5.51. The first-order valence-corrected chi connectivity index (χ1v) is 6.63. The van der Waals surface area contributed by atoms with Crippen LogP contribution in [0, 0.1) is 0 Å². The van der Waals surface area contributed by atoms with E-state index in [9.17, 15) is 4.79 Å². The number of nitrogens with zero attached hydrogens (tertiary/aromatic N) is 4. The zero-order valence-electron chi connectivity index (χ0n) is 10.1. The normalized spacial score (nSPS) is 14.8. The standard InChI is InChI=1S/C10H15N5O2S/c1-17-9-12-8(11)13-10(14-9)18-6-7(16)15-4-2-3-5-15/h2-6H2,1H3,(H2,11,12,13,14). The van der Waals surface area contributed by atoms with Crippen molar-refractivity contribution >= 4 is 23.6 Å². The van der Waals surface area contributed by atoms with Crippen LogP contribution in [0.3, 0.4) is 0 Å². The van der Waals surface area contributed by atoms with Crippen molar-refractivity contribution in [2.24, 2.45) is 0 Å². The van der Waals surface area contributed by atoms with Gasteiger partial charge in [0, 0.05) is 13.1 Å². The molecule has 1 amide bonds. The Morgan fingerprint density at radius 1 is 1.39 bits per heavy atom. The number of aromatic nitrogens is 3. The lowest BCUT2D eigenvalue weighted by Crippen LogP contribution is -2.29. The number of anilines is 1. The van der Waals surface area contributed by atoms with Crippen LogP contribution in [-0.4, -0.2) is 51.7 Å². The predicted octanol–water partition coefficient (Wildman–Crippen LogP) is 0.177. The van der Waals surface area contributed by atoms with E-state index in [1.165, 1.54) is 18.9 Å². The van der Waals surface area contributed by atoms with Crippen LogP contribution in [0.2, 0.25) is 0 Å². The Kier molecular flexibility index (Phi) is 4.19. The minimum atomic E-state index is 0.0953. The number of likely N-dealkylation sites (tertiary alicyclic amines) is 1. The Hall–Kier alpha value is -1.57. The first-order valence-electron chi connectivity index (χ1n) is 5.65. The third-order valence-electron chi connectivity index (χ3n) is 2.58. The molecule has 7 nitrogen and oxygen atoms in total. The highest BCUT2D eigenvalue weighted by Crippen LogP contribution is 2.18. The molecule has 0 spiro atoms. The van der Waals surface area contributed by atoms with Crippen LogP contribution in [0.4, 0.5) is 5.95 Å². The van der Waals surface area contributed by atoms with Crippen LogP contribution in [0.15, 0.2) is 5.16 Å². The van der Waals surface area contributed by atoms with E-state index in [-0.39, 0.29) is 17.9 Å². The summed E-state index contributed by atoms with van der Waals surface area (Å²) in [6.45, 7) is 1.70. The highest BCUT2D eigenvalue weighted by Gasteiger charge is 2.18. The fraction of sp³-hybridized carbons (Fsp3) is 0.600. The lowest BCUT2D eigenvalue weighted by atomic mass is 10.4. The molecule has 0 radical (unpaired) electrons. The van der Waals surface area contributed by atoms with Gasteiger partial charge < -0.3 is 15.4 Å². The molecule has 1 aliphatic heterocycles. The van der Waals surface area contributed by atoms with Crippen molar-refractivity contribution in [2.45, 2.75) is 18.0 Å². The monoisotopic (exact) mass is 269 g/mol. The van der Waals surface area contributed by atoms with E-state index in [1.54, 1.807) is 0 Å². The van der Waals surface area contributed by atoms with Crippen LogP contribution >= 0.6 is 11.8 Å². The van der Waals surface area contributed by atoms with Gasteiger partial charge in [-0.05, 0) is 12.8 Å². The van der Waals surface area contributed by atoms with Gasteiger partial charge in [0.15, 0.2) is 5.16 Å². The number of methoxy groups -OCH3 is 1. The van der Waals surface area contributed by atoms with Crippen molar-refractivity contribution in [3.8, 4) is 6.01 Å². The van der Waals surface area contributed by atoms with Crippen molar-refractivity contribution in [1.29, 1.82) is 0 Å². The Morgan fingerprint density at radius 2 is 2.11 bits per heavy atom. The van der Waals surface area contributed by atoms with Gasteiger partial charge in [-0.3, -0.25) is 4.79 Å². The van der Waals surface area contributed by atoms with E-state index in [1.807, 2.05) is 4.90 Å². The Morgan fingerprint density at radius 3 is 2.78 bits per heavy atom. The predicted molar refractivity (Wildman–Crippen MR) is 67.3 cm³/mol. The smallest absolute Gasteiger partial charge is 0.321 e. The molecule has 0 unspecified atom stereocenters. The van der Waals surface area contributed by atoms with Gasteiger partial charge in [-0.1, -0.05) is 11.8 Å². The molecule has 2 rings (SSSR count). The fourth-order valence-corrected chi connectivity index (χ4v) is 2.43. The van der Waals surface area contributed by atoms with Gasteiger partial charge in [-0.15, -0.1) is 0 Å². The van der Waals surface area contributed by atoms with Crippen molar-refractivity contribution in [2.75, 3.05) is 31.7 Å². The zero-order valence-corrected chi connectivity index (χ0v) is 10.9. The molecule has 98 valence electrons. The molecule has 0 aromatic carbocycles. The molecule has 2 heterocycles. The van der Waals surface area contributed by atoms with E-state index < -0.39 is 0 Å². The topological polar surface area (TPSA) is 94.2 Å². The number of rotatable bonds is 4. The summed E-state index contributed by atoms with van der Waals surface area (Å²) in [5, 5.41) is 0.409. The Bertz CT molecular complexity index is 436. The third-order valence-corrected chi connectivity index (χ3v) is 3.41. The molecule has 1 fully saturated rings. The molecule has 8 heteroatoms. The molecule has 1 aliphatic rings. The average molecular weight is 269 g/mol.